The average Bonchev–Trinajstić information content (AvgIpc) is 1.32. The summed E-state index contributed by atoms with van der Waals surface area (Å²) in [6, 6.07) is 155. The van der Waals surface area contributed by atoms with E-state index in [9.17, 15) is 0 Å². The van der Waals surface area contributed by atoms with Crippen LogP contribution in [-0.2, 0) is 0 Å². The molecule has 0 fully saturated rings. The van der Waals surface area contributed by atoms with E-state index in [2.05, 4.69) is 411 Å². The van der Waals surface area contributed by atoms with Crippen molar-refractivity contribution in [2.75, 3.05) is 0 Å². The molecule has 554 valence electrons. The van der Waals surface area contributed by atoms with Crippen molar-refractivity contribution in [3.8, 4) is 96.0 Å². The van der Waals surface area contributed by atoms with Crippen LogP contribution in [0.25, 0.3) is 226 Å². The number of hydrogen-bond acceptors (Lipinski definition) is 5. The Kier molecular flexibility index (Phi) is 17.5. The second kappa shape index (κ2) is 29.8. The first-order chi connectivity index (χ1) is 59.0. The van der Waals surface area contributed by atoms with E-state index in [4.69, 9.17) is 24.9 Å². The predicted molar refractivity (Wildman–Crippen MR) is 501 cm³/mol. The molecule has 0 N–H and O–H groups in total. The first-order valence-electron chi connectivity index (χ1n) is 40.5. The van der Waals surface area contributed by atoms with Gasteiger partial charge in [0.15, 0.2) is 11.6 Å². The molecule has 0 bridgehead atoms. The lowest BCUT2D eigenvalue weighted by atomic mass is 9.87. The SMILES string of the molecule is c1ccc(-c2cc(-c3ccccc3)nc(-c3cc4c5ccccc5c5ccccc5c4c4ccccc34)n2)cc1.c1ccc(-c2cc(-c3ccccc3)nc(-c3cc4ccc5ccccc5c4c4ccccc34)n2)cc1.c1ccc(-c2nc3ccccc3n2-c2ccc(-c3cc4c5ccccc5c5ccccc5c4c4ccccc34)cc2)cc1. The Bertz CT molecular complexity index is 7960. The van der Waals surface area contributed by atoms with Crippen molar-refractivity contribution >= 4 is 130 Å². The zero-order chi connectivity index (χ0) is 78.7. The van der Waals surface area contributed by atoms with E-state index >= 15 is 0 Å². The second-order valence-corrected chi connectivity index (χ2v) is 30.4. The van der Waals surface area contributed by atoms with Gasteiger partial charge in [-0.3, -0.25) is 4.57 Å². The summed E-state index contributed by atoms with van der Waals surface area (Å²) in [6.45, 7) is 0. The third kappa shape index (κ3) is 12.5. The van der Waals surface area contributed by atoms with E-state index in [1.165, 1.54) is 119 Å². The molecular weight excluding hydrogens is 1440 g/mol. The molecule has 21 aromatic carbocycles. The second-order valence-electron chi connectivity index (χ2n) is 30.4. The van der Waals surface area contributed by atoms with E-state index in [1.807, 2.05) is 30.3 Å². The summed E-state index contributed by atoms with van der Waals surface area (Å²) >= 11 is 0. The number of benzene rings is 21. The zero-order valence-corrected chi connectivity index (χ0v) is 64.8. The smallest absolute Gasteiger partial charge is 0.161 e. The van der Waals surface area contributed by atoms with Crippen molar-refractivity contribution in [3.63, 3.8) is 0 Å². The van der Waals surface area contributed by atoms with Crippen molar-refractivity contribution in [3.05, 3.63) is 437 Å². The molecule has 6 nitrogen and oxygen atoms in total. The molecule has 0 spiro atoms. The fourth-order valence-electron chi connectivity index (χ4n) is 18.0. The third-order valence-corrected chi connectivity index (χ3v) is 23.5. The van der Waals surface area contributed by atoms with Crippen molar-refractivity contribution in [1.82, 2.24) is 29.5 Å². The van der Waals surface area contributed by atoms with Gasteiger partial charge in [0.1, 0.15) is 5.82 Å². The molecule has 0 aliphatic carbocycles. The van der Waals surface area contributed by atoms with Crippen molar-refractivity contribution in [2.24, 2.45) is 0 Å². The predicted octanol–water partition coefficient (Wildman–Crippen LogP) is 30.0. The van der Waals surface area contributed by atoms with E-state index in [0.29, 0.717) is 0 Å². The zero-order valence-electron chi connectivity index (χ0n) is 64.8. The molecule has 0 saturated carbocycles. The molecule has 24 aromatic rings. The largest absolute Gasteiger partial charge is 0.292 e. The van der Waals surface area contributed by atoms with Crippen LogP contribution < -0.4 is 0 Å². The number of fused-ring (bicyclic) bond motifs is 22. The lowest BCUT2D eigenvalue weighted by molar-refractivity contribution is 1.10. The highest BCUT2D eigenvalue weighted by Crippen LogP contribution is 2.47. The van der Waals surface area contributed by atoms with Gasteiger partial charge in [0.25, 0.3) is 0 Å². The summed E-state index contributed by atoms with van der Waals surface area (Å²) in [7, 11) is 0. The van der Waals surface area contributed by atoms with Gasteiger partial charge >= 0.3 is 0 Å². The van der Waals surface area contributed by atoms with Crippen LogP contribution in [0.1, 0.15) is 0 Å². The summed E-state index contributed by atoms with van der Waals surface area (Å²) in [6.07, 6.45) is 0. The minimum Gasteiger partial charge on any atom is -0.292 e. The minimum atomic E-state index is 0.732. The van der Waals surface area contributed by atoms with Crippen LogP contribution in [0.5, 0.6) is 0 Å². The molecule has 3 heterocycles. The van der Waals surface area contributed by atoms with Gasteiger partial charge in [-0.15, -0.1) is 0 Å². The Hall–Kier alpha value is -15.9. The van der Waals surface area contributed by atoms with Gasteiger partial charge in [-0.05, 0) is 184 Å². The normalized spacial score (nSPS) is 11.5. The Balaban J connectivity index is 0.000000108. The van der Waals surface area contributed by atoms with Crippen LogP contribution in [-0.4, -0.2) is 29.5 Å². The monoisotopic (exact) mass is 1510 g/mol. The van der Waals surface area contributed by atoms with Crippen molar-refractivity contribution in [2.45, 2.75) is 0 Å². The number of imidazole rings is 1. The summed E-state index contributed by atoms with van der Waals surface area (Å²) in [4.78, 5) is 25.6. The quantitative estimate of drug-likeness (QED) is 0.135. The maximum absolute atomic E-state index is 5.19. The third-order valence-electron chi connectivity index (χ3n) is 23.5. The van der Waals surface area contributed by atoms with Gasteiger partial charge in [0.2, 0.25) is 0 Å². The van der Waals surface area contributed by atoms with Crippen molar-refractivity contribution in [1.29, 1.82) is 0 Å². The molecule has 0 aliphatic rings. The standard InChI is InChI=1S/C41H26N2.C38H24N2.C34H22N2/c1-2-12-28(13-3-1)41-42-38-20-10-11-21-39(38)43(41)29-24-22-27(23-25-29)36-26-37-32-16-5-4-14-30(32)31-15-6-8-18-34(31)40(37)35-19-9-7-17-33(35)36;1-3-13-25(14-4-1)35-24-36(26-15-5-2-6-16-26)40-38(39-35)34-23-33-29-19-8-7-17-27(29)28-18-9-11-21-31(28)37(33)32-22-12-10-20-30(32)34;1-3-12-24(13-4-1)31-22-32(25-14-5-2-6-15-25)36-34(35-31)30-21-26-20-19-23-11-7-8-16-27(23)33(26)29-18-10-9-17-28(29)30/h1-26H;1-24H;1-22H. The van der Waals surface area contributed by atoms with Gasteiger partial charge in [0, 0.05) is 44.6 Å². The van der Waals surface area contributed by atoms with E-state index < -0.39 is 0 Å². The van der Waals surface area contributed by atoms with Crippen LogP contribution >= 0.6 is 0 Å². The van der Waals surface area contributed by atoms with Crippen molar-refractivity contribution < 1.29 is 0 Å². The van der Waals surface area contributed by atoms with Crippen LogP contribution in [0.15, 0.2) is 437 Å². The highest BCUT2D eigenvalue weighted by atomic mass is 15.1. The topological polar surface area (TPSA) is 69.4 Å². The van der Waals surface area contributed by atoms with Crippen LogP contribution in [0.2, 0.25) is 0 Å². The van der Waals surface area contributed by atoms with Gasteiger partial charge in [-0.1, -0.05) is 382 Å². The molecule has 0 unspecified atom stereocenters. The minimum absolute atomic E-state index is 0.732. The summed E-state index contributed by atoms with van der Waals surface area (Å²) < 4.78 is 2.27. The van der Waals surface area contributed by atoms with Gasteiger partial charge in [-0.25, -0.2) is 24.9 Å². The number of para-hydroxylation sites is 2. The average molecular weight is 1510 g/mol. The molecule has 0 saturated heterocycles. The molecule has 0 atom stereocenters. The summed E-state index contributed by atoms with van der Waals surface area (Å²) in [5.74, 6) is 2.42. The molecular formula is C113H72N6. The van der Waals surface area contributed by atoms with E-state index in [0.717, 1.165) is 107 Å². The molecule has 6 heteroatoms. The van der Waals surface area contributed by atoms with E-state index in [1.54, 1.807) is 0 Å². The summed E-state index contributed by atoms with van der Waals surface area (Å²) in [5, 5.41) is 27.6. The van der Waals surface area contributed by atoms with Crippen LogP contribution in [0, 0.1) is 0 Å². The number of nitrogens with zero attached hydrogens (tertiary/aromatic N) is 6. The molecule has 0 radical (unpaired) electrons. The maximum Gasteiger partial charge on any atom is 0.161 e. The Morgan fingerprint density at radius 3 is 0.908 bits per heavy atom. The highest BCUT2D eigenvalue weighted by molar-refractivity contribution is 6.35. The van der Waals surface area contributed by atoms with Gasteiger partial charge < -0.3 is 0 Å². The van der Waals surface area contributed by atoms with Gasteiger partial charge in [0.05, 0.1) is 33.8 Å². The molecule has 0 amide bonds. The number of hydrogen-bond donors (Lipinski definition) is 0. The lowest BCUT2D eigenvalue weighted by Crippen LogP contribution is -1.97. The lowest BCUT2D eigenvalue weighted by Gasteiger charge is -2.16. The fraction of sp³-hybridized carbons (Fsp3) is 0. The van der Waals surface area contributed by atoms with E-state index in [-0.39, 0.29) is 0 Å². The Labute approximate surface area is 687 Å². The molecule has 24 rings (SSSR count). The molecule has 3 aromatic heterocycles. The number of aromatic nitrogens is 6. The van der Waals surface area contributed by atoms with Crippen LogP contribution in [0.4, 0.5) is 0 Å². The first-order valence-corrected chi connectivity index (χ1v) is 40.5. The Morgan fingerprint density at radius 1 is 0.168 bits per heavy atom. The van der Waals surface area contributed by atoms with Crippen LogP contribution in [0.3, 0.4) is 0 Å². The molecule has 119 heavy (non-hydrogen) atoms. The fourth-order valence-corrected chi connectivity index (χ4v) is 18.0. The summed E-state index contributed by atoms with van der Waals surface area (Å²) in [5.41, 5.74) is 16.8. The van der Waals surface area contributed by atoms with Gasteiger partial charge in [-0.2, -0.15) is 0 Å². The molecule has 0 aliphatic heterocycles. The first kappa shape index (κ1) is 69.8. The Morgan fingerprint density at radius 2 is 0.471 bits per heavy atom. The maximum atomic E-state index is 5.19. The highest BCUT2D eigenvalue weighted by Gasteiger charge is 2.23. The number of rotatable bonds is 9.